The summed E-state index contributed by atoms with van der Waals surface area (Å²) >= 11 is 0. The van der Waals surface area contributed by atoms with Crippen LogP contribution in [0.2, 0.25) is 0 Å². The van der Waals surface area contributed by atoms with Gasteiger partial charge in [0.1, 0.15) is 0 Å². The Hall–Kier alpha value is -0.710. The van der Waals surface area contributed by atoms with Gasteiger partial charge in [0.05, 0.1) is 5.56 Å². The molecule has 0 amide bonds. The van der Waals surface area contributed by atoms with Crippen LogP contribution in [-0.2, 0) is 6.18 Å². The smallest absolute Gasteiger partial charge is 0.372 e. The van der Waals surface area contributed by atoms with E-state index in [4.69, 9.17) is 0 Å². The average Bonchev–Trinajstić information content (AvgIpc) is 2.29. The minimum absolute atomic E-state index is 0. The summed E-state index contributed by atoms with van der Waals surface area (Å²) in [5.41, 5.74) is 0.130. The monoisotopic (exact) mass is 309 g/mol. The Labute approximate surface area is 109 Å². The van der Waals surface area contributed by atoms with Crippen molar-refractivity contribution in [1.29, 1.82) is 0 Å². The highest BCUT2D eigenvalue weighted by molar-refractivity contribution is 8.93. The molecule has 1 saturated heterocycles. The average molecular weight is 310 g/mol. The van der Waals surface area contributed by atoms with Crippen molar-refractivity contribution in [3.05, 3.63) is 29.8 Å². The number of anilines is 1. The Morgan fingerprint density at radius 2 is 1.65 bits per heavy atom. The summed E-state index contributed by atoms with van der Waals surface area (Å²) in [7, 11) is 0. The maximum atomic E-state index is 12.5. The Balaban J connectivity index is 0.00000144. The van der Waals surface area contributed by atoms with E-state index in [-0.39, 0.29) is 17.0 Å². The van der Waals surface area contributed by atoms with E-state index in [9.17, 15) is 13.2 Å². The first-order valence-electron chi connectivity index (χ1n) is 5.49. The lowest BCUT2D eigenvalue weighted by atomic mass is 10.1. The van der Waals surface area contributed by atoms with E-state index in [1.165, 1.54) is 18.6 Å². The second-order valence-electron chi connectivity index (χ2n) is 4.10. The summed E-state index contributed by atoms with van der Waals surface area (Å²) in [6, 6.07) is 5.59. The van der Waals surface area contributed by atoms with E-state index < -0.39 is 11.7 Å². The molecule has 2 rings (SSSR count). The number of piperidine rings is 1. The van der Waals surface area contributed by atoms with Crippen LogP contribution in [0.3, 0.4) is 0 Å². The second kappa shape index (κ2) is 5.76. The quantitative estimate of drug-likeness (QED) is 0.748. The van der Waals surface area contributed by atoms with E-state index in [2.05, 4.69) is 0 Å². The number of hydrogen-bond acceptors (Lipinski definition) is 1. The van der Waals surface area contributed by atoms with Crippen LogP contribution in [0.15, 0.2) is 24.3 Å². The number of halogens is 4. The second-order valence-corrected chi connectivity index (χ2v) is 4.10. The zero-order valence-corrected chi connectivity index (χ0v) is 11.0. The molecule has 0 atom stereocenters. The molecule has 0 N–H and O–H groups in total. The largest absolute Gasteiger partial charge is 0.416 e. The fourth-order valence-corrected chi connectivity index (χ4v) is 2.03. The normalized spacial score (nSPS) is 16.5. The third-order valence-corrected chi connectivity index (χ3v) is 2.89. The van der Waals surface area contributed by atoms with Gasteiger partial charge in [0, 0.05) is 18.8 Å². The zero-order chi connectivity index (χ0) is 11.6. The van der Waals surface area contributed by atoms with Crippen molar-refractivity contribution in [2.24, 2.45) is 0 Å². The van der Waals surface area contributed by atoms with Crippen molar-refractivity contribution in [2.75, 3.05) is 18.0 Å². The van der Waals surface area contributed by atoms with Gasteiger partial charge in [0.2, 0.25) is 0 Å². The summed E-state index contributed by atoms with van der Waals surface area (Å²) in [6.45, 7) is 1.72. The maximum Gasteiger partial charge on any atom is 0.416 e. The highest BCUT2D eigenvalue weighted by atomic mass is 79.9. The number of hydrogen-bond donors (Lipinski definition) is 0. The van der Waals surface area contributed by atoms with E-state index in [1.54, 1.807) is 6.07 Å². The molecule has 1 aromatic rings. The van der Waals surface area contributed by atoms with E-state index >= 15 is 0 Å². The predicted octanol–water partition coefficient (Wildman–Crippen LogP) is 4.27. The van der Waals surface area contributed by atoms with Crippen molar-refractivity contribution in [3.8, 4) is 0 Å². The molecule has 0 radical (unpaired) electrons. The van der Waals surface area contributed by atoms with Crippen LogP contribution in [0.5, 0.6) is 0 Å². The van der Waals surface area contributed by atoms with E-state index in [0.29, 0.717) is 5.69 Å². The standard InChI is InChI=1S/C12H14F3N.BrH/c13-12(14,15)10-5-4-6-11(9-10)16-7-2-1-3-8-16;/h4-6,9H,1-3,7-8H2;1H. The fourth-order valence-electron chi connectivity index (χ4n) is 2.03. The van der Waals surface area contributed by atoms with Crippen molar-refractivity contribution < 1.29 is 13.2 Å². The van der Waals surface area contributed by atoms with Gasteiger partial charge in [-0.3, -0.25) is 0 Å². The van der Waals surface area contributed by atoms with Crippen LogP contribution in [0, 0.1) is 0 Å². The van der Waals surface area contributed by atoms with Crippen LogP contribution in [0.1, 0.15) is 24.8 Å². The molecule has 0 unspecified atom stereocenters. The molecular weight excluding hydrogens is 295 g/mol. The first-order valence-corrected chi connectivity index (χ1v) is 5.49. The molecule has 1 heterocycles. The number of rotatable bonds is 1. The number of alkyl halides is 3. The first-order chi connectivity index (χ1) is 7.57. The third-order valence-electron chi connectivity index (χ3n) is 2.89. The van der Waals surface area contributed by atoms with Gasteiger partial charge < -0.3 is 4.90 Å². The fraction of sp³-hybridized carbons (Fsp3) is 0.500. The van der Waals surface area contributed by atoms with Crippen molar-refractivity contribution in [3.63, 3.8) is 0 Å². The van der Waals surface area contributed by atoms with E-state index in [1.807, 2.05) is 4.90 Å². The Morgan fingerprint density at radius 1 is 1.00 bits per heavy atom. The lowest BCUT2D eigenvalue weighted by molar-refractivity contribution is -0.137. The van der Waals surface area contributed by atoms with Gasteiger partial charge in [0.15, 0.2) is 0 Å². The summed E-state index contributed by atoms with van der Waals surface area (Å²) in [6.07, 6.45) is -0.937. The van der Waals surface area contributed by atoms with Crippen LogP contribution in [-0.4, -0.2) is 13.1 Å². The number of benzene rings is 1. The predicted molar refractivity (Wildman–Crippen MR) is 67.8 cm³/mol. The minimum Gasteiger partial charge on any atom is -0.372 e. The minimum atomic E-state index is -4.24. The van der Waals surface area contributed by atoms with Crippen LogP contribution >= 0.6 is 17.0 Å². The first kappa shape index (κ1) is 14.4. The zero-order valence-electron chi connectivity index (χ0n) is 9.33. The van der Waals surface area contributed by atoms with E-state index in [0.717, 1.165) is 32.0 Å². The third kappa shape index (κ3) is 3.63. The van der Waals surface area contributed by atoms with Gasteiger partial charge in [-0.1, -0.05) is 6.07 Å². The SMILES string of the molecule is Br.FC(F)(F)c1cccc(N2CCCCC2)c1. The van der Waals surface area contributed by atoms with Crippen LogP contribution < -0.4 is 4.90 Å². The Kier molecular flexibility index (Phi) is 4.86. The summed E-state index contributed by atoms with van der Waals surface area (Å²) in [5, 5.41) is 0. The summed E-state index contributed by atoms with van der Waals surface area (Å²) in [5.74, 6) is 0. The molecule has 1 aliphatic heterocycles. The number of nitrogens with zero attached hydrogens (tertiary/aromatic N) is 1. The Bertz CT molecular complexity index is 359. The van der Waals surface area contributed by atoms with Crippen molar-refractivity contribution in [2.45, 2.75) is 25.4 Å². The van der Waals surface area contributed by atoms with Crippen molar-refractivity contribution in [1.82, 2.24) is 0 Å². The molecule has 96 valence electrons. The molecule has 1 fully saturated rings. The molecule has 0 aliphatic carbocycles. The molecule has 0 spiro atoms. The summed E-state index contributed by atoms with van der Waals surface area (Å²) in [4.78, 5) is 2.03. The molecule has 1 aromatic carbocycles. The van der Waals surface area contributed by atoms with Gasteiger partial charge in [-0.15, -0.1) is 17.0 Å². The van der Waals surface area contributed by atoms with Gasteiger partial charge in [-0.25, -0.2) is 0 Å². The molecule has 1 aliphatic rings. The topological polar surface area (TPSA) is 3.24 Å². The lowest BCUT2D eigenvalue weighted by Crippen LogP contribution is -2.29. The lowest BCUT2D eigenvalue weighted by Gasteiger charge is -2.29. The molecular formula is C12H15BrF3N. The summed E-state index contributed by atoms with van der Waals surface area (Å²) < 4.78 is 37.5. The molecule has 17 heavy (non-hydrogen) atoms. The van der Waals surface area contributed by atoms with Gasteiger partial charge >= 0.3 is 6.18 Å². The molecule has 0 aromatic heterocycles. The maximum absolute atomic E-state index is 12.5. The van der Waals surface area contributed by atoms with Gasteiger partial charge in [-0.2, -0.15) is 13.2 Å². The van der Waals surface area contributed by atoms with Gasteiger partial charge in [0.25, 0.3) is 0 Å². The van der Waals surface area contributed by atoms with Gasteiger partial charge in [-0.05, 0) is 37.5 Å². The highest BCUT2D eigenvalue weighted by Crippen LogP contribution is 2.32. The molecule has 0 bridgehead atoms. The van der Waals surface area contributed by atoms with Crippen LogP contribution in [0.4, 0.5) is 18.9 Å². The molecule has 0 saturated carbocycles. The van der Waals surface area contributed by atoms with Crippen molar-refractivity contribution >= 4 is 22.7 Å². The van der Waals surface area contributed by atoms with Crippen LogP contribution in [0.25, 0.3) is 0 Å². The molecule has 1 nitrogen and oxygen atoms in total. The Morgan fingerprint density at radius 3 is 2.24 bits per heavy atom. The molecule has 5 heteroatoms. The highest BCUT2D eigenvalue weighted by Gasteiger charge is 2.30.